The zero-order valence-corrected chi connectivity index (χ0v) is 19.4. The summed E-state index contributed by atoms with van der Waals surface area (Å²) in [6.45, 7) is 0. The Hall–Kier alpha value is -2.02. The van der Waals surface area contributed by atoms with Gasteiger partial charge in [0.05, 0.1) is 26.4 Å². The smallest absolute Gasteiger partial charge is 0.161 e. The van der Waals surface area contributed by atoms with Crippen molar-refractivity contribution in [2.45, 2.75) is 18.6 Å². The van der Waals surface area contributed by atoms with E-state index in [1.165, 1.54) is 0 Å². The van der Waals surface area contributed by atoms with Gasteiger partial charge >= 0.3 is 0 Å². The minimum Gasteiger partial charge on any atom is -0.493 e. The van der Waals surface area contributed by atoms with Gasteiger partial charge in [-0.05, 0) is 59.7 Å². The Balaban J connectivity index is 1.90. The maximum atomic E-state index is 10.9. The molecular weight excluding hydrogens is 498 g/mol. The lowest BCUT2D eigenvalue weighted by atomic mass is 9.96. The van der Waals surface area contributed by atoms with E-state index in [0.717, 1.165) is 25.8 Å². The van der Waals surface area contributed by atoms with E-state index in [1.807, 2.05) is 66.7 Å². The third kappa shape index (κ3) is 5.75. The predicted molar refractivity (Wildman–Crippen MR) is 124 cm³/mol. The second kappa shape index (κ2) is 10.1. The van der Waals surface area contributed by atoms with Crippen molar-refractivity contribution in [3.8, 4) is 11.5 Å². The Morgan fingerprint density at radius 3 is 1.93 bits per heavy atom. The number of hydrogen-bond donors (Lipinski definition) is 2. The van der Waals surface area contributed by atoms with Crippen molar-refractivity contribution in [3.63, 3.8) is 0 Å². The van der Waals surface area contributed by atoms with E-state index in [2.05, 4.69) is 37.2 Å². The topological polar surface area (TPSA) is 50.7 Å². The first-order chi connectivity index (χ1) is 14.0. The van der Waals surface area contributed by atoms with Crippen LogP contribution in [0.3, 0.4) is 0 Å². The van der Waals surface area contributed by atoms with Crippen LogP contribution in [-0.4, -0.2) is 19.3 Å². The van der Waals surface area contributed by atoms with Crippen LogP contribution in [0.4, 0.5) is 5.69 Å². The summed E-state index contributed by atoms with van der Waals surface area (Å²) in [7, 11) is 3.24. The normalized spacial score (nSPS) is 12.9. The molecule has 3 rings (SSSR count). The predicted octanol–water partition coefficient (Wildman–Crippen LogP) is 6.51. The van der Waals surface area contributed by atoms with Gasteiger partial charge in [-0.2, -0.15) is 0 Å². The Labute approximate surface area is 188 Å². The van der Waals surface area contributed by atoms with Crippen molar-refractivity contribution >= 4 is 37.5 Å². The molecule has 29 heavy (non-hydrogen) atoms. The molecule has 0 aliphatic heterocycles. The summed E-state index contributed by atoms with van der Waals surface area (Å²) in [4.78, 5) is 0. The molecule has 0 radical (unpaired) electrons. The summed E-state index contributed by atoms with van der Waals surface area (Å²) < 4.78 is 12.8. The Bertz CT molecular complexity index is 930. The van der Waals surface area contributed by atoms with Crippen molar-refractivity contribution in [2.75, 3.05) is 19.5 Å². The van der Waals surface area contributed by atoms with Crippen molar-refractivity contribution < 1.29 is 14.6 Å². The molecule has 0 amide bonds. The van der Waals surface area contributed by atoms with E-state index in [4.69, 9.17) is 9.47 Å². The summed E-state index contributed by atoms with van der Waals surface area (Å²) in [5.74, 6) is 1.33. The molecule has 6 heteroatoms. The maximum Gasteiger partial charge on any atom is 0.161 e. The molecule has 0 saturated heterocycles. The molecule has 3 aromatic carbocycles. The van der Waals surface area contributed by atoms with E-state index in [9.17, 15) is 5.11 Å². The van der Waals surface area contributed by atoms with Crippen molar-refractivity contribution in [2.24, 2.45) is 0 Å². The summed E-state index contributed by atoms with van der Waals surface area (Å²) in [6, 6.07) is 21.4. The third-order valence-corrected chi connectivity index (χ3v) is 5.77. The monoisotopic (exact) mass is 519 g/mol. The lowest BCUT2D eigenvalue weighted by Gasteiger charge is -2.24. The molecule has 0 aromatic heterocycles. The Morgan fingerprint density at radius 1 is 0.793 bits per heavy atom. The summed E-state index contributed by atoms with van der Waals surface area (Å²) in [5.41, 5.74) is 2.84. The fourth-order valence-corrected chi connectivity index (χ4v) is 3.67. The molecule has 0 spiro atoms. The van der Waals surface area contributed by atoms with Crippen LogP contribution >= 0.6 is 31.9 Å². The molecule has 0 heterocycles. The van der Waals surface area contributed by atoms with Crippen LogP contribution in [0, 0.1) is 0 Å². The highest BCUT2D eigenvalue weighted by molar-refractivity contribution is 9.10. The first kappa shape index (κ1) is 21.7. The number of halogens is 2. The van der Waals surface area contributed by atoms with Gasteiger partial charge in [-0.25, -0.2) is 0 Å². The van der Waals surface area contributed by atoms with Crippen molar-refractivity contribution in [1.82, 2.24) is 0 Å². The van der Waals surface area contributed by atoms with Gasteiger partial charge < -0.3 is 19.9 Å². The lowest BCUT2D eigenvalue weighted by Crippen LogP contribution is -2.15. The van der Waals surface area contributed by atoms with Gasteiger partial charge in [0, 0.05) is 21.1 Å². The molecule has 0 aliphatic rings. The van der Waals surface area contributed by atoms with Crippen LogP contribution in [0.15, 0.2) is 75.7 Å². The summed E-state index contributed by atoms with van der Waals surface area (Å²) in [5, 5.41) is 14.4. The van der Waals surface area contributed by atoms with E-state index in [1.54, 1.807) is 14.2 Å². The van der Waals surface area contributed by atoms with Crippen LogP contribution in [0.1, 0.15) is 29.7 Å². The molecule has 2 N–H and O–H groups in total. The van der Waals surface area contributed by atoms with Crippen LogP contribution in [0.5, 0.6) is 11.5 Å². The van der Waals surface area contributed by atoms with E-state index < -0.39 is 6.10 Å². The lowest BCUT2D eigenvalue weighted by molar-refractivity contribution is 0.160. The number of aliphatic hydroxyl groups is 1. The minimum absolute atomic E-state index is 0.130. The summed E-state index contributed by atoms with van der Waals surface area (Å²) in [6.07, 6.45) is -0.128. The number of ether oxygens (including phenoxy) is 2. The van der Waals surface area contributed by atoms with Crippen LogP contribution in [-0.2, 0) is 0 Å². The van der Waals surface area contributed by atoms with Gasteiger partial charge in [-0.1, -0.05) is 50.1 Å². The average molecular weight is 521 g/mol. The number of methoxy groups -OCH3 is 2. The Kier molecular flexibility index (Phi) is 7.58. The molecule has 2 unspecified atom stereocenters. The molecule has 3 aromatic rings. The molecule has 152 valence electrons. The molecule has 0 fully saturated rings. The highest BCUT2D eigenvalue weighted by Gasteiger charge is 2.20. The van der Waals surface area contributed by atoms with Gasteiger partial charge in [0.15, 0.2) is 11.5 Å². The Morgan fingerprint density at radius 2 is 1.34 bits per heavy atom. The molecule has 0 bridgehead atoms. The highest BCUT2D eigenvalue weighted by Crippen LogP contribution is 2.35. The number of hydrogen-bond acceptors (Lipinski definition) is 4. The third-order valence-electron chi connectivity index (χ3n) is 4.71. The second-order valence-corrected chi connectivity index (χ2v) is 8.45. The minimum atomic E-state index is -0.621. The molecule has 0 aliphatic carbocycles. The number of rotatable bonds is 8. The quantitative estimate of drug-likeness (QED) is 0.355. The van der Waals surface area contributed by atoms with Crippen LogP contribution in [0.2, 0.25) is 0 Å². The van der Waals surface area contributed by atoms with E-state index in [-0.39, 0.29) is 6.04 Å². The highest BCUT2D eigenvalue weighted by atomic mass is 79.9. The zero-order chi connectivity index (χ0) is 20.8. The molecule has 4 nitrogen and oxygen atoms in total. The fourth-order valence-electron chi connectivity index (χ4n) is 3.14. The first-order valence-corrected chi connectivity index (χ1v) is 10.8. The van der Waals surface area contributed by atoms with E-state index >= 15 is 0 Å². The van der Waals surface area contributed by atoms with Gasteiger partial charge in [-0.3, -0.25) is 0 Å². The number of benzene rings is 3. The molecular formula is C23H23Br2NO3. The van der Waals surface area contributed by atoms with Crippen LogP contribution < -0.4 is 14.8 Å². The van der Waals surface area contributed by atoms with Gasteiger partial charge in [0.2, 0.25) is 0 Å². The largest absolute Gasteiger partial charge is 0.493 e. The van der Waals surface area contributed by atoms with Crippen LogP contribution in [0.25, 0.3) is 0 Å². The number of anilines is 1. The van der Waals surface area contributed by atoms with Crippen molar-refractivity contribution in [3.05, 3.63) is 86.8 Å². The fraction of sp³-hybridized carbons (Fsp3) is 0.217. The van der Waals surface area contributed by atoms with Crippen molar-refractivity contribution in [1.29, 1.82) is 0 Å². The van der Waals surface area contributed by atoms with Gasteiger partial charge in [0.25, 0.3) is 0 Å². The average Bonchev–Trinajstić information content (AvgIpc) is 2.74. The van der Waals surface area contributed by atoms with Gasteiger partial charge in [-0.15, -0.1) is 0 Å². The SMILES string of the molecule is COc1ccc(C(CC(O)c2ccc(Br)cc2)Nc2ccc(Br)cc2)cc1OC. The standard InChI is InChI=1S/C23H23Br2NO3/c1-28-22-12-5-16(13-23(22)29-2)20(26-19-10-8-18(25)9-11-19)14-21(27)15-3-6-17(24)7-4-15/h3-13,20-21,26-27H,14H2,1-2H3. The second-order valence-electron chi connectivity index (χ2n) is 6.62. The van der Waals surface area contributed by atoms with E-state index in [0.29, 0.717) is 17.9 Å². The summed E-state index contributed by atoms with van der Waals surface area (Å²) >= 11 is 6.90. The zero-order valence-electron chi connectivity index (χ0n) is 16.2. The molecule has 0 saturated carbocycles. The molecule has 2 atom stereocenters. The number of nitrogens with one attached hydrogen (secondary N) is 1. The van der Waals surface area contributed by atoms with Gasteiger partial charge in [0.1, 0.15) is 0 Å². The maximum absolute atomic E-state index is 10.9. The first-order valence-electron chi connectivity index (χ1n) is 9.17. The number of aliphatic hydroxyl groups excluding tert-OH is 1.